The van der Waals surface area contributed by atoms with E-state index in [1.54, 1.807) is 0 Å². The van der Waals surface area contributed by atoms with Crippen molar-refractivity contribution in [1.82, 2.24) is 0 Å². The van der Waals surface area contributed by atoms with Crippen molar-refractivity contribution in [3.8, 4) is 11.8 Å². The second kappa shape index (κ2) is 2.45. The van der Waals surface area contributed by atoms with Gasteiger partial charge in [-0.3, -0.25) is 4.79 Å². The molecule has 0 saturated carbocycles. The number of ketones is 1. The molecule has 14 heavy (non-hydrogen) atoms. The quantitative estimate of drug-likeness (QED) is 0.396. The molecule has 0 amide bonds. The lowest BCUT2D eigenvalue weighted by molar-refractivity contribution is -0.117. The van der Waals surface area contributed by atoms with Gasteiger partial charge in [-0.2, -0.15) is 0 Å². The Morgan fingerprint density at radius 3 is 3.14 bits per heavy atom. The standard InChI is InChI=1S/C10H8O4/c11-7-1-2-8(12)10(9(7)14-10)4-3-6-5-13-6/h1-2,6-7,9,11H,5H2/t6?,7-,9+,10-/m1/s1. The minimum absolute atomic E-state index is 0.0509. The molecular weight excluding hydrogens is 184 g/mol. The van der Waals surface area contributed by atoms with Crippen LogP contribution in [0.2, 0.25) is 0 Å². The zero-order chi connectivity index (χ0) is 9.76. The summed E-state index contributed by atoms with van der Waals surface area (Å²) < 4.78 is 10.1. The van der Waals surface area contributed by atoms with Gasteiger partial charge in [0.1, 0.15) is 18.3 Å². The Kier molecular flexibility index (Phi) is 1.43. The third kappa shape index (κ3) is 1.04. The fraction of sp³-hybridized carbons (Fsp3) is 0.500. The number of carbonyl (C=O) groups excluding carboxylic acids is 1. The van der Waals surface area contributed by atoms with Gasteiger partial charge in [0.2, 0.25) is 11.4 Å². The second-order valence-electron chi connectivity index (χ2n) is 3.58. The highest BCUT2D eigenvalue weighted by Crippen LogP contribution is 2.42. The SMILES string of the molecule is O=C1C=C[C@@H](O)[C@@H]2O[C@]12C#CC1CO1. The summed E-state index contributed by atoms with van der Waals surface area (Å²) in [5, 5.41) is 9.42. The Balaban J connectivity index is 1.88. The number of carbonyl (C=O) groups is 1. The van der Waals surface area contributed by atoms with Crippen molar-refractivity contribution >= 4 is 5.78 Å². The molecule has 1 N–H and O–H groups in total. The Bertz CT molecular complexity index is 385. The van der Waals surface area contributed by atoms with Crippen LogP contribution >= 0.6 is 0 Å². The first-order valence-corrected chi connectivity index (χ1v) is 4.45. The monoisotopic (exact) mass is 192 g/mol. The van der Waals surface area contributed by atoms with Gasteiger partial charge >= 0.3 is 0 Å². The van der Waals surface area contributed by atoms with E-state index in [0.717, 1.165) is 0 Å². The van der Waals surface area contributed by atoms with Gasteiger partial charge in [-0.25, -0.2) is 0 Å². The average Bonchev–Trinajstić information content (AvgIpc) is 2.98. The van der Waals surface area contributed by atoms with E-state index < -0.39 is 17.8 Å². The van der Waals surface area contributed by atoms with Crippen LogP contribution in [0, 0.1) is 11.8 Å². The van der Waals surface area contributed by atoms with Gasteiger partial charge in [-0.05, 0) is 12.2 Å². The minimum Gasteiger partial charge on any atom is -0.386 e. The van der Waals surface area contributed by atoms with Gasteiger partial charge in [-0.1, -0.05) is 11.8 Å². The number of hydrogen-bond donors (Lipinski definition) is 1. The van der Waals surface area contributed by atoms with Crippen molar-refractivity contribution in [3.05, 3.63) is 12.2 Å². The van der Waals surface area contributed by atoms with Gasteiger partial charge in [0.15, 0.2) is 0 Å². The highest BCUT2D eigenvalue weighted by Gasteiger charge is 2.65. The molecule has 0 spiro atoms. The summed E-state index contributed by atoms with van der Waals surface area (Å²) in [5.41, 5.74) is -1.07. The molecule has 4 atom stereocenters. The van der Waals surface area contributed by atoms with E-state index in [1.807, 2.05) is 0 Å². The van der Waals surface area contributed by atoms with Crippen LogP contribution in [0.25, 0.3) is 0 Å². The summed E-state index contributed by atoms with van der Waals surface area (Å²) in [6, 6.07) is 0. The molecule has 2 aliphatic heterocycles. The Labute approximate surface area is 80.5 Å². The first-order valence-electron chi connectivity index (χ1n) is 4.45. The number of aliphatic hydroxyl groups excluding tert-OH is 1. The van der Waals surface area contributed by atoms with Crippen LogP contribution in [0.4, 0.5) is 0 Å². The van der Waals surface area contributed by atoms with Crippen LogP contribution < -0.4 is 0 Å². The third-order valence-corrected chi connectivity index (χ3v) is 2.53. The van der Waals surface area contributed by atoms with Crippen molar-refractivity contribution in [2.24, 2.45) is 0 Å². The topological polar surface area (TPSA) is 62.4 Å². The first-order chi connectivity index (χ1) is 6.72. The highest BCUT2D eigenvalue weighted by molar-refractivity contribution is 6.04. The largest absolute Gasteiger partial charge is 0.386 e. The van der Waals surface area contributed by atoms with Gasteiger partial charge in [0.05, 0.1) is 6.61 Å². The van der Waals surface area contributed by atoms with Crippen molar-refractivity contribution in [1.29, 1.82) is 0 Å². The summed E-state index contributed by atoms with van der Waals surface area (Å²) in [5.74, 6) is 5.37. The van der Waals surface area contributed by atoms with E-state index in [4.69, 9.17) is 9.47 Å². The number of fused-ring (bicyclic) bond motifs is 1. The van der Waals surface area contributed by atoms with E-state index in [-0.39, 0.29) is 11.9 Å². The molecule has 0 radical (unpaired) electrons. The fourth-order valence-electron chi connectivity index (χ4n) is 1.57. The van der Waals surface area contributed by atoms with Crippen LogP contribution in [0.3, 0.4) is 0 Å². The lowest BCUT2D eigenvalue weighted by atomic mass is 9.91. The zero-order valence-corrected chi connectivity index (χ0v) is 7.27. The molecular formula is C10H8O4. The van der Waals surface area contributed by atoms with Gasteiger partial charge in [0.25, 0.3) is 0 Å². The van der Waals surface area contributed by atoms with Gasteiger partial charge in [-0.15, -0.1) is 0 Å². The van der Waals surface area contributed by atoms with Crippen molar-refractivity contribution in [3.63, 3.8) is 0 Å². The smallest absolute Gasteiger partial charge is 0.220 e. The average molecular weight is 192 g/mol. The number of hydrogen-bond acceptors (Lipinski definition) is 4. The molecule has 1 aliphatic carbocycles. The van der Waals surface area contributed by atoms with E-state index >= 15 is 0 Å². The van der Waals surface area contributed by atoms with Crippen LogP contribution in [0.5, 0.6) is 0 Å². The molecule has 1 unspecified atom stereocenters. The summed E-state index contributed by atoms with van der Waals surface area (Å²) in [7, 11) is 0. The molecule has 0 aromatic rings. The summed E-state index contributed by atoms with van der Waals surface area (Å²) >= 11 is 0. The van der Waals surface area contributed by atoms with Crippen LogP contribution in [0.15, 0.2) is 12.2 Å². The van der Waals surface area contributed by atoms with E-state index in [9.17, 15) is 9.90 Å². The van der Waals surface area contributed by atoms with Crippen LogP contribution in [-0.2, 0) is 14.3 Å². The van der Waals surface area contributed by atoms with E-state index in [2.05, 4.69) is 11.8 Å². The summed E-state index contributed by atoms with van der Waals surface area (Å²) in [6.07, 6.45) is 1.52. The molecule has 4 heteroatoms. The maximum absolute atomic E-state index is 11.5. The highest BCUT2D eigenvalue weighted by atomic mass is 16.6. The number of ether oxygens (including phenoxy) is 2. The number of epoxide rings is 2. The van der Waals surface area contributed by atoms with Crippen molar-refractivity contribution in [2.45, 2.75) is 23.9 Å². The summed E-state index contributed by atoms with van der Waals surface area (Å²) in [6.45, 7) is 0.625. The second-order valence-corrected chi connectivity index (χ2v) is 3.58. The maximum atomic E-state index is 11.5. The third-order valence-electron chi connectivity index (χ3n) is 2.53. The molecule has 3 rings (SSSR count). The van der Waals surface area contributed by atoms with Gasteiger partial charge < -0.3 is 14.6 Å². The zero-order valence-electron chi connectivity index (χ0n) is 7.27. The lowest BCUT2D eigenvalue weighted by Crippen LogP contribution is -2.33. The molecule has 0 aromatic carbocycles. The molecule has 2 saturated heterocycles. The molecule has 2 fully saturated rings. The van der Waals surface area contributed by atoms with E-state index in [0.29, 0.717) is 6.61 Å². The number of aliphatic hydroxyl groups is 1. The van der Waals surface area contributed by atoms with Crippen molar-refractivity contribution in [2.75, 3.05) is 6.61 Å². The Morgan fingerprint density at radius 1 is 1.64 bits per heavy atom. The minimum atomic E-state index is -1.07. The predicted molar refractivity (Wildman–Crippen MR) is 45.3 cm³/mol. The molecule has 4 nitrogen and oxygen atoms in total. The van der Waals surface area contributed by atoms with Crippen LogP contribution in [-0.4, -0.2) is 41.4 Å². The predicted octanol–water partition coefficient (Wildman–Crippen LogP) is -0.974. The molecule has 72 valence electrons. The first kappa shape index (κ1) is 8.18. The lowest BCUT2D eigenvalue weighted by Gasteiger charge is -2.08. The fourth-order valence-corrected chi connectivity index (χ4v) is 1.57. The Morgan fingerprint density at radius 2 is 2.43 bits per heavy atom. The normalized spacial score (nSPS) is 47.8. The molecule has 0 bridgehead atoms. The maximum Gasteiger partial charge on any atom is 0.220 e. The van der Waals surface area contributed by atoms with Crippen molar-refractivity contribution < 1.29 is 19.4 Å². The van der Waals surface area contributed by atoms with Crippen LogP contribution in [0.1, 0.15) is 0 Å². The number of rotatable bonds is 0. The molecule has 0 aromatic heterocycles. The molecule has 3 aliphatic rings. The molecule has 2 heterocycles. The van der Waals surface area contributed by atoms with E-state index in [1.165, 1.54) is 12.2 Å². The summed E-state index contributed by atoms with van der Waals surface area (Å²) in [4.78, 5) is 11.5. The van der Waals surface area contributed by atoms with Gasteiger partial charge in [0, 0.05) is 0 Å². The Hall–Kier alpha value is -1.15.